The van der Waals surface area contributed by atoms with Gasteiger partial charge < -0.3 is 10.2 Å². The lowest BCUT2D eigenvalue weighted by Gasteiger charge is -2.31. The molecular formula is C14H16F2N2O2. The van der Waals surface area contributed by atoms with E-state index in [1.807, 2.05) is 6.92 Å². The largest absolute Gasteiger partial charge is 0.323 e. The Balaban J connectivity index is 2.03. The van der Waals surface area contributed by atoms with E-state index in [2.05, 4.69) is 5.32 Å². The zero-order valence-electron chi connectivity index (χ0n) is 11.2. The second-order valence-electron chi connectivity index (χ2n) is 4.82. The van der Waals surface area contributed by atoms with Crippen molar-refractivity contribution in [3.63, 3.8) is 0 Å². The van der Waals surface area contributed by atoms with Crippen molar-refractivity contribution in [2.75, 3.05) is 18.4 Å². The molecule has 1 atom stereocenters. The van der Waals surface area contributed by atoms with Gasteiger partial charge in [-0.1, -0.05) is 6.92 Å². The number of hydrogen-bond acceptors (Lipinski definition) is 2. The maximum atomic E-state index is 13.5. The van der Waals surface area contributed by atoms with Gasteiger partial charge in [-0.15, -0.1) is 0 Å². The van der Waals surface area contributed by atoms with Crippen LogP contribution in [-0.4, -0.2) is 29.8 Å². The number of amides is 2. The monoisotopic (exact) mass is 282 g/mol. The Hall–Kier alpha value is -1.98. The molecule has 1 aromatic carbocycles. The fourth-order valence-electron chi connectivity index (χ4n) is 2.23. The number of rotatable bonds is 2. The molecule has 0 saturated carbocycles. The van der Waals surface area contributed by atoms with Crippen molar-refractivity contribution >= 4 is 17.5 Å². The van der Waals surface area contributed by atoms with Gasteiger partial charge in [-0.2, -0.15) is 0 Å². The summed E-state index contributed by atoms with van der Waals surface area (Å²) in [5, 5.41) is 2.40. The number of carbonyl (C=O) groups is 2. The Morgan fingerprint density at radius 1 is 1.45 bits per heavy atom. The number of Topliss-reactive ketones (excluding diaryl/α,β-unsaturated/α-hetero) is 1. The van der Waals surface area contributed by atoms with Gasteiger partial charge in [-0.25, -0.2) is 13.6 Å². The minimum atomic E-state index is -0.821. The number of urea groups is 1. The van der Waals surface area contributed by atoms with Crippen LogP contribution < -0.4 is 5.32 Å². The predicted octanol–water partition coefficient (Wildman–Crippen LogP) is 2.80. The van der Waals surface area contributed by atoms with Crippen LogP contribution in [0.5, 0.6) is 0 Å². The number of ketones is 1. The quantitative estimate of drug-likeness (QED) is 0.906. The highest BCUT2D eigenvalue weighted by molar-refractivity contribution is 5.91. The molecule has 1 aromatic rings. The molecule has 2 rings (SSSR count). The average Bonchev–Trinajstić information content (AvgIpc) is 2.42. The van der Waals surface area contributed by atoms with E-state index in [1.165, 1.54) is 11.0 Å². The maximum Gasteiger partial charge on any atom is 0.321 e. The number of anilines is 1. The summed E-state index contributed by atoms with van der Waals surface area (Å²) in [6.07, 6.45) is 0.991. The van der Waals surface area contributed by atoms with E-state index >= 15 is 0 Å². The summed E-state index contributed by atoms with van der Waals surface area (Å²) in [5.74, 6) is -1.52. The Bertz CT molecular complexity index is 534. The molecule has 0 bridgehead atoms. The Morgan fingerprint density at radius 2 is 2.20 bits per heavy atom. The highest BCUT2D eigenvalue weighted by Gasteiger charge is 2.28. The summed E-state index contributed by atoms with van der Waals surface area (Å²) in [6, 6.07) is 2.49. The van der Waals surface area contributed by atoms with Crippen LogP contribution in [0.3, 0.4) is 0 Å². The minimum Gasteiger partial charge on any atom is -0.323 e. The molecule has 1 aliphatic heterocycles. The lowest BCUT2D eigenvalue weighted by atomic mass is 9.94. The topological polar surface area (TPSA) is 49.4 Å². The molecule has 1 unspecified atom stereocenters. The van der Waals surface area contributed by atoms with Gasteiger partial charge in [0.15, 0.2) is 0 Å². The second-order valence-corrected chi connectivity index (χ2v) is 4.82. The summed E-state index contributed by atoms with van der Waals surface area (Å²) < 4.78 is 26.2. The molecule has 2 amide bonds. The van der Waals surface area contributed by atoms with E-state index in [0.29, 0.717) is 32.0 Å². The predicted molar refractivity (Wildman–Crippen MR) is 70.4 cm³/mol. The van der Waals surface area contributed by atoms with E-state index in [-0.39, 0.29) is 17.4 Å². The molecule has 0 aromatic heterocycles. The summed E-state index contributed by atoms with van der Waals surface area (Å²) in [5.41, 5.74) is -0.0682. The summed E-state index contributed by atoms with van der Waals surface area (Å²) in [7, 11) is 0. The molecule has 108 valence electrons. The Morgan fingerprint density at radius 3 is 2.85 bits per heavy atom. The molecule has 0 aliphatic carbocycles. The highest BCUT2D eigenvalue weighted by atomic mass is 19.1. The van der Waals surface area contributed by atoms with Gasteiger partial charge in [-0.3, -0.25) is 4.79 Å². The van der Waals surface area contributed by atoms with Crippen LogP contribution in [-0.2, 0) is 4.79 Å². The number of piperidine rings is 1. The van der Waals surface area contributed by atoms with E-state index in [1.54, 1.807) is 0 Å². The van der Waals surface area contributed by atoms with Gasteiger partial charge in [0.05, 0.1) is 5.69 Å². The average molecular weight is 282 g/mol. The number of halogens is 2. The number of carbonyl (C=O) groups excluding carboxylic acids is 2. The number of benzene rings is 1. The normalized spacial score (nSPS) is 19.1. The summed E-state index contributed by atoms with van der Waals surface area (Å²) in [6.45, 7) is 2.55. The molecule has 1 aliphatic rings. The van der Waals surface area contributed by atoms with Crippen LogP contribution in [0.15, 0.2) is 18.2 Å². The molecule has 1 saturated heterocycles. The van der Waals surface area contributed by atoms with E-state index in [0.717, 1.165) is 6.07 Å². The first-order valence-electron chi connectivity index (χ1n) is 6.55. The molecule has 0 spiro atoms. The van der Waals surface area contributed by atoms with Gasteiger partial charge in [0, 0.05) is 31.5 Å². The fourth-order valence-corrected chi connectivity index (χ4v) is 2.23. The summed E-state index contributed by atoms with van der Waals surface area (Å²) >= 11 is 0. The Kier molecular flexibility index (Phi) is 4.32. The van der Waals surface area contributed by atoms with Gasteiger partial charge in [0.25, 0.3) is 0 Å². The first-order chi connectivity index (χ1) is 9.51. The third-order valence-corrected chi connectivity index (χ3v) is 3.48. The molecule has 4 nitrogen and oxygen atoms in total. The molecule has 0 radical (unpaired) electrons. The SMILES string of the molecule is CCC1CN(C(=O)Nc2ccc(F)cc2F)CCC1=O. The molecule has 1 N–H and O–H groups in total. The molecule has 6 heteroatoms. The van der Waals surface area contributed by atoms with Crippen molar-refractivity contribution in [2.45, 2.75) is 19.8 Å². The first kappa shape index (κ1) is 14.4. The van der Waals surface area contributed by atoms with Gasteiger partial charge in [-0.05, 0) is 18.6 Å². The van der Waals surface area contributed by atoms with Gasteiger partial charge in [0.2, 0.25) is 0 Å². The van der Waals surface area contributed by atoms with Gasteiger partial charge in [0.1, 0.15) is 17.4 Å². The van der Waals surface area contributed by atoms with Crippen LogP contribution in [0.2, 0.25) is 0 Å². The third-order valence-electron chi connectivity index (χ3n) is 3.48. The van der Waals surface area contributed by atoms with Crippen molar-refractivity contribution in [3.05, 3.63) is 29.8 Å². The van der Waals surface area contributed by atoms with E-state index < -0.39 is 17.7 Å². The first-order valence-corrected chi connectivity index (χ1v) is 6.55. The van der Waals surface area contributed by atoms with Gasteiger partial charge >= 0.3 is 6.03 Å². The smallest absolute Gasteiger partial charge is 0.321 e. The molecule has 1 fully saturated rings. The number of nitrogens with one attached hydrogen (secondary N) is 1. The van der Waals surface area contributed by atoms with Crippen molar-refractivity contribution in [3.8, 4) is 0 Å². The Labute approximate surface area is 115 Å². The van der Waals surface area contributed by atoms with Crippen LogP contribution in [0.25, 0.3) is 0 Å². The van der Waals surface area contributed by atoms with Crippen molar-refractivity contribution in [2.24, 2.45) is 5.92 Å². The molecule has 20 heavy (non-hydrogen) atoms. The lowest BCUT2D eigenvalue weighted by molar-refractivity contribution is -0.125. The van der Waals surface area contributed by atoms with Crippen molar-refractivity contribution in [1.29, 1.82) is 0 Å². The lowest BCUT2D eigenvalue weighted by Crippen LogP contribution is -2.45. The number of likely N-dealkylation sites (tertiary alicyclic amines) is 1. The maximum absolute atomic E-state index is 13.5. The second kappa shape index (κ2) is 5.98. The van der Waals surface area contributed by atoms with Crippen LogP contribution in [0.4, 0.5) is 19.3 Å². The van der Waals surface area contributed by atoms with Crippen LogP contribution >= 0.6 is 0 Å². The minimum absolute atomic E-state index is 0.0682. The third kappa shape index (κ3) is 3.12. The highest BCUT2D eigenvalue weighted by Crippen LogP contribution is 2.19. The molecular weight excluding hydrogens is 266 g/mol. The zero-order chi connectivity index (χ0) is 14.7. The van der Waals surface area contributed by atoms with Crippen molar-refractivity contribution < 1.29 is 18.4 Å². The number of hydrogen-bond donors (Lipinski definition) is 1. The molecule has 1 heterocycles. The standard InChI is InChI=1S/C14H16F2N2O2/c1-2-9-8-18(6-5-13(9)19)14(20)17-12-4-3-10(15)7-11(12)16/h3-4,7,9H,2,5-6,8H2,1H3,(H,17,20). The van der Waals surface area contributed by atoms with E-state index in [4.69, 9.17) is 0 Å². The number of nitrogens with zero attached hydrogens (tertiary/aromatic N) is 1. The van der Waals surface area contributed by atoms with Crippen LogP contribution in [0, 0.1) is 17.6 Å². The van der Waals surface area contributed by atoms with E-state index in [9.17, 15) is 18.4 Å². The van der Waals surface area contributed by atoms with Crippen molar-refractivity contribution in [1.82, 2.24) is 4.90 Å². The van der Waals surface area contributed by atoms with Crippen LogP contribution in [0.1, 0.15) is 19.8 Å². The zero-order valence-corrected chi connectivity index (χ0v) is 11.2. The summed E-state index contributed by atoms with van der Waals surface area (Å²) in [4.78, 5) is 25.1. The fraction of sp³-hybridized carbons (Fsp3) is 0.429.